The number of hydrogen-bond acceptors (Lipinski definition) is 6. The molecule has 2 atom stereocenters. The molecule has 2 aromatic carbocycles. The van der Waals surface area contributed by atoms with Crippen LogP contribution in [0.3, 0.4) is 0 Å². The number of benzene rings is 2. The number of ether oxygens (including phenoxy) is 3. The average molecular weight is 536 g/mol. The maximum Gasteiger partial charge on any atom is 0.407 e. The highest BCUT2D eigenvalue weighted by atomic mass is 35.5. The van der Waals surface area contributed by atoms with Crippen molar-refractivity contribution < 1.29 is 23.8 Å². The molecule has 0 heterocycles. The number of esters is 1. The van der Waals surface area contributed by atoms with E-state index in [1.165, 1.54) is 17.3 Å². The van der Waals surface area contributed by atoms with E-state index in [4.69, 9.17) is 25.8 Å². The molecule has 0 saturated heterocycles. The highest BCUT2D eigenvalue weighted by molar-refractivity contribution is 7.99. The van der Waals surface area contributed by atoms with Gasteiger partial charge in [0.05, 0.1) is 6.54 Å². The van der Waals surface area contributed by atoms with Gasteiger partial charge in [0.2, 0.25) is 0 Å². The monoisotopic (exact) mass is 535 g/mol. The second-order valence-electron chi connectivity index (χ2n) is 8.00. The first-order valence-electron chi connectivity index (χ1n) is 12.1. The van der Waals surface area contributed by atoms with E-state index in [2.05, 4.69) is 44.8 Å². The molecular weight excluding hydrogens is 498 g/mol. The Bertz CT molecular complexity index is 919. The maximum absolute atomic E-state index is 12.2. The van der Waals surface area contributed by atoms with Crippen LogP contribution in [-0.2, 0) is 14.3 Å². The van der Waals surface area contributed by atoms with Gasteiger partial charge in [-0.2, -0.15) is 0 Å². The minimum absolute atomic E-state index is 0.0296. The molecule has 2 rings (SSSR count). The highest BCUT2D eigenvalue weighted by Gasteiger charge is 2.17. The molecule has 0 aliphatic heterocycles. The van der Waals surface area contributed by atoms with Crippen LogP contribution in [-0.4, -0.2) is 43.7 Å². The van der Waals surface area contributed by atoms with Gasteiger partial charge in [0.15, 0.2) is 0 Å². The molecular formula is C28H38ClNO5S. The normalized spacial score (nSPS) is 12.0. The van der Waals surface area contributed by atoms with E-state index in [9.17, 15) is 9.59 Å². The van der Waals surface area contributed by atoms with Gasteiger partial charge in [-0.15, -0.1) is 11.8 Å². The van der Waals surface area contributed by atoms with Gasteiger partial charge in [-0.1, -0.05) is 64.9 Å². The first-order chi connectivity index (χ1) is 17.3. The Morgan fingerprint density at radius 3 is 2.28 bits per heavy atom. The van der Waals surface area contributed by atoms with Gasteiger partial charge in [0.25, 0.3) is 0 Å². The lowest BCUT2D eigenvalue weighted by molar-refractivity contribution is -0.137. The fourth-order valence-corrected chi connectivity index (χ4v) is 3.83. The van der Waals surface area contributed by atoms with Crippen molar-refractivity contribution in [3.8, 4) is 5.75 Å². The van der Waals surface area contributed by atoms with Crippen molar-refractivity contribution in [1.82, 2.24) is 5.32 Å². The van der Waals surface area contributed by atoms with E-state index in [0.29, 0.717) is 28.4 Å². The fourth-order valence-electron chi connectivity index (χ4n) is 2.83. The van der Waals surface area contributed by atoms with Crippen LogP contribution in [0.4, 0.5) is 4.79 Å². The molecule has 0 bridgehead atoms. The molecule has 0 aliphatic rings. The zero-order valence-electron chi connectivity index (χ0n) is 21.8. The van der Waals surface area contributed by atoms with Crippen molar-refractivity contribution in [2.75, 3.05) is 25.5 Å². The summed E-state index contributed by atoms with van der Waals surface area (Å²) in [5, 5.41) is 3.23. The molecule has 1 amide bonds. The summed E-state index contributed by atoms with van der Waals surface area (Å²) in [5.74, 6) is 1.66. The summed E-state index contributed by atoms with van der Waals surface area (Å²) < 4.78 is 16.3. The van der Waals surface area contributed by atoms with E-state index in [-0.39, 0.29) is 19.8 Å². The second kappa shape index (κ2) is 17.7. The van der Waals surface area contributed by atoms with Crippen LogP contribution < -0.4 is 10.1 Å². The number of thioether (sulfide) groups is 1. The zero-order valence-corrected chi connectivity index (χ0v) is 23.4. The van der Waals surface area contributed by atoms with E-state index in [1.54, 1.807) is 0 Å². The van der Waals surface area contributed by atoms with Crippen molar-refractivity contribution in [2.24, 2.45) is 5.92 Å². The summed E-state index contributed by atoms with van der Waals surface area (Å²) >= 11 is 7.49. The number of nitrogens with one attached hydrogen (secondary N) is 1. The number of amides is 1. The summed E-state index contributed by atoms with van der Waals surface area (Å²) in [5.41, 5.74) is 1.25. The van der Waals surface area contributed by atoms with Gasteiger partial charge in [0.1, 0.15) is 25.1 Å². The summed E-state index contributed by atoms with van der Waals surface area (Å²) in [6.07, 6.45) is -0.0536. The minimum atomic E-state index is -0.610. The number of alkyl carbamates (subject to hydrolysis) is 1. The molecule has 0 radical (unpaired) electrons. The Labute approximate surface area is 224 Å². The summed E-state index contributed by atoms with van der Waals surface area (Å²) in [7, 11) is 0. The van der Waals surface area contributed by atoms with Crippen LogP contribution >= 0.6 is 23.4 Å². The van der Waals surface area contributed by atoms with Crippen molar-refractivity contribution in [2.45, 2.75) is 51.5 Å². The third kappa shape index (κ3) is 12.4. The summed E-state index contributed by atoms with van der Waals surface area (Å²) in [6.45, 7) is 14.3. The lowest BCUT2D eigenvalue weighted by Gasteiger charge is -2.20. The number of hydrogen-bond donors (Lipinski definition) is 1. The van der Waals surface area contributed by atoms with Crippen molar-refractivity contribution in [3.63, 3.8) is 0 Å². The molecule has 2 unspecified atom stereocenters. The van der Waals surface area contributed by atoms with Gasteiger partial charge >= 0.3 is 12.1 Å². The summed E-state index contributed by atoms with van der Waals surface area (Å²) in [4.78, 5) is 24.3. The van der Waals surface area contributed by atoms with Crippen LogP contribution in [0.15, 0.2) is 66.1 Å². The van der Waals surface area contributed by atoms with Crippen LogP contribution in [0.2, 0.25) is 5.02 Å². The molecule has 0 aromatic heterocycles. The Hall–Kier alpha value is -2.64. The molecule has 0 spiro atoms. The molecule has 8 heteroatoms. The Morgan fingerprint density at radius 2 is 1.69 bits per heavy atom. The van der Waals surface area contributed by atoms with Gasteiger partial charge < -0.3 is 19.5 Å². The molecule has 2 aromatic rings. The molecule has 36 heavy (non-hydrogen) atoms. The molecule has 0 saturated carbocycles. The number of carbonyl (C=O) groups excluding carboxylic acids is 2. The minimum Gasteiger partial charge on any atom is -0.490 e. The van der Waals surface area contributed by atoms with Gasteiger partial charge in [0, 0.05) is 21.7 Å². The summed E-state index contributed by atoms with van der Waals surface area (Å²) in [6, 6.07) is 15.4. The van der Waals surface area contributed by atoms with Gasteiger partial charge in [-0.3, -0.25) is 0 Å². The Morgan fingerprint density at radius 1 is 1.06 bits per heavy atom. The Balaban J connectivity index is 0.00000316. The van der Waals surface area contributed by atoms with E-state index >= 15 is 0 Å². The van der Waals surface area contributed by atoms with Gasteiger partial charge in [-0.05, 0) is 53.8 Å². The largest absolute Gasteiger partial charge is 0.490 e. The first kappa shape index (κ1) is 31.4. The predicted octanol–water partition coefficient (Wildman–Crippen LogP) is 7.12. The topological polar surface area (TPSA) is 73.9 Å². The standard InChI is InChI=1S/C26H32ClNO5S.C2H6/c1-5-25(29)31-15-14-28-26(30)33-23(17-34-24-12-8-21(27)9-13-24)16-32-22-10-6-20(7-11-22)19(4)18(2)3;1-2/h5-13,18-19,23H,1,14-17H2,2-4H3,(H,28,30);1-2H3. The molecule has 6 nitrogen and oxygen atoms in total. The van der Waals surface area contributed by atoms with Crippen molar-refractivity contribution in [3.05, 3.63) is 71.8 Å². The van der Waals surface area contributed by atoms with Gasteiger partial charge in [-0.25, -0.2) is 9.59 Å². The predicted molar refractivity (Wildman–Crippen MR) is 148 cm³/mol. The Kier molecular flexibility index (Phi) is 15.5. The number of rotatable bonds is 13. The molecule has 1 N–H and O–H groups in total. The quantitative estimate of drug-likeness (QED) is 0.127. The van der Waals surface area contributed by atoms with Crippen LogP contribution in [0.25, 0.3) is 0 Å². The smallest absolute Gasteiger partial charge is 0.407 e. The lowest BCUT2D eigenvalue weighted by atomic mass is 9.90. The SMILES string of the molecule is C=CC(=O)OCCNC(=O)OC(COc1ccc(C(C)C(C)C)cc1)CSc1ccc(Cl)cc1.CC. The lowest BCUT2D eigenvalue weighted by Crippen LogP contribution is -2.35. The van der Waals surface area contributed by atoms with E-state index < -0.39 is 18.2 Å². The first-order valence-corrected chi connectivity index (χ1v) is 13.5. The third-order valence-electron chi connectivity index (χ3n) is 5.15. The fraction of sp³-hybridized carbons (Fsp3) is 0.429. The van der Waals surface area contributed by atoms with E-state index in [0.717, 1.165) is 11.0 Å². The maximum atomic E-state index is 12.2. The molecule has 0 aliphatic carbocycles. The highest BCUT2D eigenvalue weighted by Crippen LogP contribution is 2.26. The van der Waals surface area contributed by atoms with E-state index in [1.807, 2.05) is 50.2 Å². The number of carbonyl (C=O) groups is 2. The molecule has 198 valence electrons. The van der Waals surface area contributed by atoms with Crippen molar-refractivity contribution >= 4 is 35.4 Å². The average Bonchev–Trinajstić information content (AvgIpc) is 2.89. The zero-order chi connectivity index (χ0) is 26.9. The number of halogens is 1. The van der Waals surface area contributed by atoms with Crippen LogP contribution in [0, 0.1) is 5.92 Å². The molecule has 0 fully saturated rings. The second-order valence-corrected chi connectivity index (χ2v) is 9.53. The third-order valence-corrected chi connectivity index (χ3v) is 6.54. The van der Waals surface area contributed by atoms with Crippen LogP contribution in [0.5, 0.6) is 5.75 Å². The van der Waals surface area contributed by atoms with Crippen LogP contribution in [0.1, 0.15) is 46.1 Å². The van der Waals surface area contributed by atoms with Crippen molar-refractivity contribution in [1.29, 1.82) is 0 Å².